The lowest BCUT2D eigenvalue weighted by molar-refractivity contribution is -0.144. The second-order valence-electron chi connectivity index (χ2n) is 27.9. The van der Waals surface area contributed by atoms with E-state index in [4.69, 9.17) is 14.2 Å². The van der Waals surface area contributed by atoms with Crippen LogP contribution in [-0.4, -0.2) is 147 Å². The van der Waals surface area contributed by atoms with Gasteiger partial charge in [0.1, 0.15) is 12.3 Å². The fourth-order valence-corrected chi connectivity index (χ4v) is 14.3. The highest BCUT2D eigenvalue weighted by Crippen LogP contribution is 2.42. The van der Waals surface area contributed by atoms with E-state index in [1.165, 1.54) is 49.2 Å². The molecule has 0 aliphatic carbocycles. The number of aromatic nitrogens is 8. The second-order valence-corrected chi connectivity index (χ2v) is 29.9. The number of amides is 3. The van der Waals surface area contributed by atoms with Gasteiger partial charge in [0.15, 0.2) is 17.2 Å². The molecule has 0 bridgehead atoms. The fourth-order valence-electron chi connectivity index (χ4n) is 12.8. The Morgan fingerprint density at radius 1 is 0.366 bits per heavy atom. The Labute approximate surface area is 681 Å². The van der Waals surface area contributed by atoms with Gasteiger partial charge in [-0.25, -0.2) is 22.8 Å². The van der Waals surface area contributed by atoms with E-state index < -0.39 is 177 Å². The quantitative estimate of drug-likeness (QED) is 0.0400. The van der Waals surface area contributed by atoms with Gasteiger partial charge < -0.3 is 28.9 Å². The molecular formula is C75H70F24N12O11S. The van der Waals surface area contributed by atoms with Gasteiger partial charge in [-0.3, -0.25) is 33.1 Å². The molecule has 0 saturated heterocycles. The van der Waals surface area contributed by atoms with E-state index in [9.17, 15) is 143 Å². The Morgan fingerprint density at radius 2 is 0.699 bits per heavy atom. The summed E-state index contributed by atoms with van der Waals surface area (Å²) >= 11 is 0. The molecule has 0 spiro atoms. The van der Waals surface area contributed by atoms with E-state index in [2.05, 4.69) is 20.4 Å². The van der Waals surface area contributed by atoms with Crippen LogP contribution in [-0.2, 0) is 161 Å². The number of aryl methyl sites for hydroxylation is 4. The molecule has 8 aromatic rings. The van der Waals surface area contributed by atoms with Gasteiger partial charge in [0, 0.05) is 58.9 Å². The number of carbonyl (C=O) groups excluding carboxylic acids is 6. The standard InChI is InChI=1S/C20H21F6N3O4S.C20H19F6N3O3.C19H17F6N3O2.C16H13F6N3O2/c1-2-33-18(30)17-11-16-12-28(5-3-6-29(16)27-17)34(31,32)7-4-13-8-14(19(21,22)23)10-15(9-13)20(24,25)26;1-2-32-18(31)16-10-15-11-28(4-3-5-29(15)27-16)17(30)8-12-6-13(19(21,22)23)9-14(7-12)20(24,25)26;1-11(29)16-9-15-10-27(3-2-4-28(15)26-16)17(30)7-12-5-13(18(20,21)22)8-14(6-12)19(23,24)25;17-15(18,19)11-5-10(6-12(7-11)16(20,21)22)9-27-14(26)24-3-4-25-13(8-24)1-2-23-25/h8-11H,2-7,12H2,1H3;6-7,9-10H,2-5,8,11H2,1H3;5-6,8-9H,2-4,7,10H2,1H3;1-2,5-7H,3-4,8-9H2. The van der Waals surface area contributed by atoms with E-state index in [0.717, 1.165) is 10.00 Å². The summed E-state index contributed by atoms with van der Waals surface area (Å²) in [5, 5.41) is 16.4. The van der Waals surface area contributed by atoms with Crippen LogP contribution in [0, 0.1) is 0 Å². The number of hydrogen-bond acceptors (Lipinski definition) is 15. The molecule has 0 unspecified atom stereocenters. The topological polar surface area (TPSA) is 248 Å². The van der Waals surface area contributed by atoms with Crippen molar-refractivity contribution in [1.29, 1.82) is 0 Å². The lowest BCUT2D eigenvalue weighted by atomic mass is 10.0. The van der Waals surface area contributed by atoms with Crippen LogP contribution in [0.1, 0.15) is 161 Å². The van der Waals surface area contributed by atoms with Crippen molar-refractivity contribution in [2.75, 3.05) is 45.1 Å². The fraction of sp³-hybridized carbons (Fsp3) is 0.440. The molecule has 23 nitrogen and oxygen atoms in total. The molecule has 12 rings (SSSR count). The van der Waals surface area contributed by atoms with Crippen molar-refractivity contribution < 1.29 is 157 Å². The summed E-state index contributed by atoms with van der Waals surface area (Å²) in [4.78, 5) is 76.7. The summed E-state index contributed by atoms with van der Waals surface area (Å²) in [7, 11) is -4.05. The van der Waals surface area contributed by atoms with Crippen LogP contribution in [0.4, 0.5) is 110 Å². The number of Topliss-reactive ketones (excluding diaryl/α,β-unsaturated/α-hetero) is 1. The molecule has 4 aliphatic heterocycles. The first-order valence-electron chi connectivity index (χ1n) is 36.6. The maximum absolute atomic E-state index is 13.1. The van der Waals surface area contributed by atoms with E-state index in [-0.39, 0.29) is 124 Å². The number of ketones is 1. The molecular weight excluding hydrogens is 1730 g/mol. The first-order chi connectivity index (χ1) is 57.0. The monoisotopic (exact) mass is 1800 g/mol. The number of halogens is 24. The molecule has 3 amide bonds. The molecule has 4 aromatic carbocycles. The third-order valence-electron chi connectivity index (χ3n) is 18.7. The number of alkyl halides is 24. The van der Waals surface area contributed by atoms with Crippen molar-refractivity contribution in [3.05, 3.63) is 210 Å². The predicted molar refractivity (Wildman–Crippen MR) is 377 cm³/mol. The molecule has 0 fully saturated rings. The van der Waals surface area contributed by atoms with E-state index >= 15 is 0 Å². The van der Waals surface area contributed by atoms with Crippen molar-refractivity contribution in [2.24, 2.45) is 0 Å². The van der Waals surface area contributed by atoms with Crippen LogP contribution in [0.2, 0.25) is 0 Å². The van der Waals surface area contributed by atoms with E-state index in [0.29, 0.717) is 111 Å². The number of rotatable bonds is 15. The average Bonchev–Trinajstić information content (AvgIpc) is 1.56. The van der Waals surface area contributed by atoms with Gasteiger partial charge in [-0.05, 0) is 159 Å². The first-order valence-corrected chi connectivity index (χ1v) is 38.2. The summed E-state index contributed by atoms with van der Waals surface area (Å²) < 4.78 is 360. The number of sulfonamides is 1. The average molecular weight is 1800 g/mol. The zero-order valence-corrected chi connectivity index (χ0v) is 65.0. The second kappa shape index (κ2) is 37.9. The Bertz CT molecular complexity index is 5140. The Hall–Kier alpha value is -11.2. The van der Waals surface area contributed by atoms with Gasteiger partial charge in [0.05, 0.1) is 132 Å². The Kier molecular flexibility index (Phi) is 29.4. The zero-order valence-electron chi connectivity index (χ0n) is 64.2. The van der Waals surface area contributed by atoms with Gasteiger partial charge in [0.2, 0.25) is 21.8 Å². The van der Waals surface area contributed by atoms with Crippen molar-refractivity contribution in [1.82, 2.24) is 58.1 Å². The minimum atomic E-state index is -5.02. The maximum Gasteiger partial charge on any atom is 0.416 e. The molecule has 4 aliphatic rings. The van der Waals surface area contributed by atoms with Gasteiger partial charge in [0.25, 0.3) is 0 Å². The molecule has 0 N–H and O–H groups in total. The van der Waals surface area contributed by atoms with Crippen LogP contribution < -0.4 is 0 Å². The third-order valence-corrected chi connectivity index (χ3v) is 20.6. The molecule has 4 aromatic heterocycles. The largest absolute Gasteiger partial charge is 0.461 e. The van der Waals surface area contributed by atoms with Crippen LogP contribution >= 0.6 is 0 Å². The minimum Gasteiger partial charge on any atom is -0.461 e. The van der Waals surface area contributed by atoms with Crippen LogP contribution in [0.3, 0.4) is 0 Å². The number of carbonyl (C=O) groups is 6. The smallest absolute Gasteiger partial charge is 0.416 e. The highest BCUT2D eigenvalue weighted by atomic mass is 32.2. The maximum atomic E-state index is 13.1. The minimum absolute atomic E-state index is 0.00487. The Morgan fingerprint density at radius 3 is 1.07 bits per heavy atom. The Balaban J connectivity index is 0.000000187. The summed E-state index contributed by atoms with van der Waals surface area (Å²) in [5.74, 6) is -3.48. The number of ether oxygens (including phenoxy) is 3. The first kappa shape index (κ1) is 95.6. The third kappa shape index (κ3) is 25.9. The number of fused-ring (bicyclic) bond motifs is 4. The summed E-state index contributed by atoms with van der Waals surface area (Å²) in [6.07, 6.45) is -39.7. The zero-order chi connectivity index (χ0) is 91.1. The molecule has 0 radical (unpaired) electrons. The highest BCUT2D eigenvalue weighted by Gasteiger charge is 2.43. The van der Waals surface area contributed by atoms with Crippen molar-refractivity contribution in [3.63, 3.8) is 0 Å². The number of benzene rings is 4. The molecule has 0 saturated carbocycles. The van der Waals surface area contributed by atoms with Gasteiger partial charge >= 0.3 is 67.4 Å². The van der Waals surface area contributed by atoms with Crippen LogP contribution in [0.25, 0.3) is 0 Å². The van der Waals surface area contributed by atoms with Crippen LogP contribution in [0.5, 0.6) is 0 Å². The van der Waals surface area contributed by atoms with Crippen LogP contribution in [0.15, 0.2) is 103 Å². The molecule has 0 atom stereocenters. The number of hydrogen-bond donors (Lipinski definition) is 0. The molecule has 670 valence electrons. The summed E-state index contributed by atoms with van der Waals surface area (Å²) in [6, 6.07) is 10.5. The van der Waals surface area contributed by atoms with Crippen molar-refractivity contribution in [3.8, 4) is 0 Å². The SMILES string of the molecule is CC(=O)c1cc2n(n1)CCCN(C(=O)Cc1cc(C(F)(F)F)cc(C(F)(F)F)c1)C2.CCOC(=O)c1cc2n(n1)CCCN(C(=O)Cc1cc(C(F)(F)F)cc(C(F)(F)F)c1)C2.CCOC(=O)c1cc2n(n1)CCCN(S(=O)(=O)CCc1cc(C(F)(F)F)cc(C(F)(F)F)c1)C2.O=C(OCc1cc(C(F)(F)F)cc(C(F)(F)F)c1)N1CCn2nccc2C1. The van der Waals surface area contributed by atoms with E-state index in [1.807, 2.05) is 0 Å². The lowest BCUT2D eigenvalue weighted by Gasteiger charge is -2.27. The number of nitrogens with zero attached hydrogens (tertiary/aromatic N) is 12. The molecule has 48 heteroatoms. The van der Waals surface area contributed by atoms with Gasteiger partial charge in [-0.2, -0.15) is 130 Å². The van der Waals surface area contributed by atoms with Crippen molar-refractivity contribution >= 4 is 45.7 Å². The normalized spacial score (nSPS) is 15.0. The lowest BCUT2D eigenvalue weighted by Crippen LogP contribution is -2.38. The summed E-state index contributed by atoms with van der Waals surface area (Å²) in [5.41, 5.74) is -10.8. The number of esters is 2. The highest BCUT2D eigenvalue weighted by molar-refractivity contribution is 7.89. The van der Waals surface area contributed by atoms with Gasteiger partial charge in [-0.1, -0.05) is 0 Å². The summed E-state index contributed by atoms with van der Waals surface area (Å²) in [6.45, 7) is 6.71. The van der Waals surface area contributed by atoms with E-state index in [1.54, 1.807) is 35.5 Å². The van der Waals surface area contributed by atoms with Crippen molar-refractivity contribution in [2.45, 2.75) is 168 Å². The molecule has 123 heavy (non-hydrogen) atoms. The molecule has 8 heterocycles. The predicted octanol–water partition coefficient (Wildman–Crippen LogP) is 16.1. The van der Waals surface area contributed by atoms with Gasteiger partial charge in [-0.15, -0.1) is 0 Å².